The Morgan fingerprint density at radius 1 is 1.12 bits per heavy atom. The fraction of sp³-hybridized carbons (Fsp3) is 0.581. The van der Waals surface area contributed by atoms with Crippen molar-refractivity contribution in [2.75, 3.05) is 77.1 Å². The third kappa shape index (κ3) is 7.55. The van der Waals surface area contributed by atoms with E-state index in [0.29, 0.717) is 57.1 Å². The maximum atomic E-state index is 12.7. The average Bonchev–Trinajstić information content (AvgIpc) is 2.94. The van der Waals surface area contributed by atoms with Crippen LogP contribution in [0.5, 0.6) is 11.6 Å². The van der Waals surface area contributed by atoms with Crippen LogP contribution in [0.25, 0.3) is 0 Å². The number of amides is 1. The van der Waals surface area contributed by atoms with Crippen LogP contribution in [0.3, 0.4) is 0 Å². The van der Waals surface area contributed by atoms with E-state index in [-0.39, 0.29) is 19.0 Å². The Morgan fingerprint density at radius 2 is 1.83 bits per heavy atom. The summed E-state index contributed by atoms with van der Waals surface area (Å²) in [6, 6.07) is 10.3. The van der Waals surface area contributed by atoms with E-state index in [1.54, 1.807) is 12.0 Å². The fourth-order valence-electron chi connectivity index (χ4n) is 5.42. The number of methoxy groups -OCH3 is 1. The Balaban J connectivity index is 1.67. The van der Waals surface area contributed by atoms with Gasteiger partial charge in [-0.05, 0) is 60.3 Å². The number of likely N-dealkylation sites (N-methyl/N-ethyl adjacent to an activating group) is 1. The van der Waals surface area contributed by atoms with Gasteiger partial charge >= 0.3 is 6.09 Å². The molecule has 0 radical (unpaired) electrons. The standard InChI is InChI=1S/C31H44N6O5/c1-22(19-34(5)6)41-29-24(18-32)28(35-14-16-36(17-15-35)30(38)42-31(2,3)4)23-12-13-37(20-25(23)33-29)26-10-8-9-11-27(26)40-21-39-7/h8-11,22H,12-17,19-21H2,1-7H3. The molecule has 1 atom stereocenters. The fourth-order valence-corrected chi connectivity index (χ4v) is 5.42. The molecule has 1 aromatic carbocycles. The number of anilines is 2. The van der Waals surface area contributed by atoms with Crippen molar-refractivity contribution in [1.29, 1.82) is 5.26 Å². The monoisotopic (exact) mass is 580 g/mol. The van der Waals surface area contributed by atoms with E-state index in [2.05, 4.69) is 15.9 Å². The molecule has 228 valence electrons. The van der Waals surface area contributed by atoms with E-state index in [1.165, 1.54) is 0 Å². The number of carbonyl (C=O) groups is 1. The van der Waals surface area contributed by atoms with Crippen molar-refractivity contribution in [2.24, 2.45) is 0 Å². The highest BCUT2D eigenvalue weighted by atomic mass is 16.7. The van der Waals surface area contributed by atoms with E-state index < -0.39 is 5.60 Å². The minimum atomic E-state index is -0.555. The van der Waals surface area contributed by atoms with Crippen molar-refractivity contribution in [1.82, 2.24) is 14.8 Å². The highest BCUT2D eigenvalue weighted by Crippen LogP contribution is 2.39. The summed E-state index contributed by atoms with van der Waals surface area (Å²) in [5.74, 6) is 1.09. The molecular formula is C31H44N6O5. The Kier molecular flexibility index (Phi) is 10.0. The lowest BCUT2D eigenvalue weighted by Crippen LogP contribution is -2.50. The van der Waals surface area contributed by atoms with E-state index in [0.717, 1.165) is 34.9 Å². The predicted molar refractivity (Wildman–Crippen MR) is 161 cm³/mol. The molecule has 1 amide bonds. The Hall–Kier alpha value is -3.75. The lowest BCUT2D eigenvalue weighted by atomic mass is 9.97. The maximum Gasteiger partial charge on any atom is 0.410 e. The summed E-state index contributed by atoms with van der Waals surface area (Å²) in [7, 11) is 5.58. The Labute approximate surface area is 249 Å². The lowest BCUT2D eigenvalue weighted by Gasteiger charge is -2.40. The van der Waals surface area contributed by atoms with Crippen molar-refractivity contribution in [2.45, 2.75) is 52.4 Å². The molecule has 1 saturated heterocycles. The molecule has 0 aliphatic carbocycles. The van der Waals surface area contributed by atoms with E-state index in [9.17, 15) is 10.1 Å². The number of benzene rings is 1. The molecule has 1 aromatic heterocycles. The summed E-state index contributed by atoms with van der Waals surface area (Å²) in [6.45, 7) is 11.9. The first-order valence-corrected chi connectivity index (χ1v) is 14.5. The van der Waals surface area contributed by atoms with Crippen LogP contribution in [0.15, 0.2) is 24.3 Å². The molecule has 11 heteroatoms. The molecule has 1 unspecified atom stereocenters. The molecule has 2 aliphatic rings. The number of hydrogen-bond acceptors (Lipinski definition) is 10. The van der Waals surface area contributed by atoms with Crippen molar-refractivity contribution < 1.29 is 23.7 Å². The van der Waals surface area contributed by atoms with Gasteiger partial charge in [0.05, 0.1) is 23.6 Å². The number of carbonyl (C=O) groups excluding carboxylic acids is 1. The highest BCUT2D eigenvalue weighted by Gasteiger charge is 2.33. The van der Waals surface area contributed by atoms with E-state index in [4.69, 9.17) is 23.9 Å². The zero-order valence-electron chi connectivity index (χ0n) is 26.0. The summed E-state index contributed by atoms with van der Waals surface area (Å²) < 4.78 is 22.9. The number of fused-ring (bicyclic) bond motifs is 1. The zero-order chi connectivity index (χ0) is 30.4. The normalized spacial score (nSPS) is 16.1. The van der Waals surface area contributed by atoms with Gasteiger partial charge in [0.15, 0.2) is 6.79 Å². The molecular weight excluding hydrogens is 536 g/mol. The van der Waals surface area contributed by atoms with Crippen LogP contribution in [0.4, 0.5) is 16.2 Å². The van der Waals surface area contributed by atoms with Crippen LogP contribution >= 0.6 is 0 Å². The number of para-hydroxylation sites is 2. The van der Waals surface area contributed by atoms with E-state index in [1.807, 2.05) is 71.0 Å². The number of rotatable bonds is 9. The van der Waals surface area contributed by atoms with Gasteiger partial charge in [-0.15, -0.1) is 0 Å². The highest BCUT2D eigenvalue weighted by molar-refractivity contribution is 5.72. The van der Waals surface area contributed by atoms with Crippen molar-refractivity contribution in [3.05, 3.63) is 41.1 Å². The molecule has 0 N–H and O–H groups in total. The van der Waals surface area contributed by atoms with Crippen LogP contribution in [0.2, 0.25) is 0 Å². The van der Waals surface area contributed by atoms with Crippen molar-refractivity contribution in [3.8, 4) is 17.7 Å². The van der Waals surface area contributed by atoms with Crippen molar-refractivity contribution in [3.63, 3.8) is 0 Å². The van der Waals surface area contributed by atoms with E-state index >= 15 is 0 Å². The van der Waals surface area contributed by atoms with Gasteiger partial charge in [-0.2, -0.15) is 5.26 Å². The number of aromatic nitrogens is 1. The molecule has 11 nitrogen and oxygen atoms in total. The summed E-state index contributed by atoms with van der Waals surface area (Å²) in [5.41, 5.74) is 3.64. The van der Waals surface area contributed by atoms with Gasteiger partial charge in [0, 0.05) is 51.9 Å². The van der Waals surface area contributed by atoms with Gasteiger partial charge in [-0.1, -0.05) is 12.1 Å². The molecule has 42 heavy (non-hydrogen) atoms. The smallest absolute Gasteiger partial charge is 0.410 e. The summed E-state index contributed by atoms with van der Waals surface area (Å²) >= 11 is 0. The second-order valence-corrected chi connectivity index (χ2v) is 12.0. The first kappa shape index (κ1) is 31.2. The minimum Gasteiger partial charge on any atom is -0.472 e. The predicted octanol–water partition coefficient (Wildman–Crippen LogP) is 3.88. The van der Waals surface area contributed by atoms with Gasteiger partial charge in [-0.3, -0.25) is 0 Å². The van der Waals surface area contributed by atoms with Crippen LogP contribution in [-0.2, 0) is 22.4 Å². The lowest BCUT2D eigenvalue weighted by molar-refractivity contribution is 0.0240. The molecule has 3 heterocycles. The number of nitriles is 1. The quantitative estimate of drug-likeness (QED) is 0.406. The molecule has 0 saturated carbocycles. The Bertz CT molecular complexity index is 1280. The number of piperazine rings is 1. The average molecular weight is 581 g/mol. The number of nitrogens with zero attached hydrogens (tertiary/aromatic N) is 6. The summed E-state index contributed by atoms with van der Waals surface area (Å²) in [4.78, 5) is 25.9. The topological polar surface area (TPSA) is 104 Å². The maximum absolute atomic E-state index is 12.7. The van der Waals surface area contributed by atoms with Gasteiger partial charge in [0.25, 0.3) is 0 Å². The van der Waals surface area contributed by atoms with Crippen LogP contribution in [0, 0.1) is 11.3 Å². The molecule has 2 aromatic rings. The van der Waals surface area contributed by atoms with Gasteiger partial charge in [0.2, 0.25) is 5.88 Å². The first-order valence-electron chi connectivity index (χ1n) is 14.5. The number of ether oxygens (including phenoxy) is 4. The minimum absolute atomic E-state index is 0.159. The van der Waals surface area contributed by atoms with Gasteiger partial charge < -0.3 is 38.5 Å². The SMILES string of the molecule is COCOc1ccccc1N1CCc2c(nc(OC(C)CN(C)C)c(C#N)c2N2CCN(C(=O)OC(C)(C)C)CC2)C1. The second kappa shape index (κ2) is 13.5. The zero-order valence-corrected chi connectivity index (χ0v) is 26.0. The molecule has 4 rings (SSSR count). The first-order chi connectivity index (χ1) is 20.0. The molecule has 0 bridgehead atoms. The Morgan fingerprint density at radius 3 is 2.48 bits per heavy atom. The van der Waals surface area contributed by atoms with Crippen LogP contribution in [-0.4, -0.2) is 99.8 Å². The van der Waals surface area contributed by atoms with Crippen LogP contribution < -0.4 is 19.3 Å². The third-order valence-corrected chi connectivity index (χ3v) is 7.13. The van der Waals surface area contributed by atoms with Gasteiger partial charge in [0.1, 0.15) is 29.1 Å². The third-order valence-electron chi connectivity index (χ3n) is 7.13. The van der Waals surface area contributed by atoms with Crippen LogP contribution in [0.1, 0.15) is 44.5 Å². The number of hydrogen-bond donors (Lipinski definition) is 0. The van der Waals surface area contributed by atoms with Crippen molar-refractivity contribution >= 4 is 17.5 Å². The summed E-state index contributed by atoms with van der Waals surface area (Å²) in [5, 5.41) is 10.4. The largest absolute Gasteiger partial charge is 0.472 e. The van der Waals surface area contributed by atoms with Gasteiger partial charge in [-0.25, -0.2) is 9.78 Å². The molecule has 0 spiro atoms. The summed E-state index contributed by atoms with van der Waals surface area (Å²) in [6.07, 6.45) is 0.216. The number of pyridine rings is 1. The molecule has 1 fully saturated rings. The molecule has 2 aliphatic heterocycles. The second-order valence-electron chi connectivity index (χ2n) is 12.0.